The first-order chi connectivity index (χ1) is 10.1. The molecule has 1 fully saturated rings. The Morgan fingerprint density at radius 2 is 2.00 bits per heavy atom. The number of nitrogens with zero attached hydrogens (tertiary/aromatic N) is 4. The fourth-order valence-electron chi connectivity index (χ4n) is 2.61. The van der Waals surface area contributed by atoms with Crippen LogP contribution in [0, 0.1) is 0 Å². The number of carbonyl (C=O) groups is 1. The fraction of sp³-hybridized carbons (Fsp3) is 0.733. The SMILES string of the molecule is CCn1nc(C(C)C)cc1C(=O)N1CCN(CCO)CC1. The molecule has 118 valence electrons. The van der Waals surface area contributed by atoms with Crippen LogP contribution in [0.2, 0.25) is 0 Å². The van der Waals surface area contributed by atoms with E-state index in [1.165, 1.54) is 0 Å². The summed E-state index contributed by atoms with van der Waals surface area (Å²) < 4.78 is 1.80. The lowest BCUT2D eigenvalue weighted by molar-refractivity contribution is 0.0603. The van der Waals surface area contributed by atoms with Crippen molar-refractivity contribution in [1.82, 2.24) is 19.6 Å². The minimum absolute atomic E-state index is 0.0694. The number of aromatic nitrogens is 2. The lowest BCUT2D eigenvalue weighted by Crippen LogP contribution is -2.49. The van der Waals surface area contributed by atoms with Gasteiger partial charge in [0.1, 0.15) is 5.69 Å². The smallest absolute Gasteiger partial charge is 0.272 e. The Hall–Kier alpha value is -1.40. The topological polar surface area (TPSA) is 61.6 Å². The molecule has 1 aliphatic heterocycles. The van der Waals surface area contributed by atoms with Crippen molar-refractivity contribution in [3.63, 3.8) is 0 Å². The highest BCUT2D eigenvalue weighted by Crippen LogP contribution is 2.17. The van der Waals surface area contributed by atoms with E-state index in [2.05, 4.69) is 23.8 Å². The van der Waals surface area contributed by atoms with Crippen molar-refractivity contribution < 1.29 is 9.90 Å². The number of aliphatic hydroxyl groups excluding tert-OH is 1. The number of hydrogen-bond donors (Lipinski definition) is 1. The number of aryl methyl sites for hydroxylation is 1. The predicted octanol–water partition coefficient (Wildman–Crippen LogP) is 0.776. The molecule has 1 aromatic rings. The van der Waals surface area contributed by atoms with Gasteiger partial charge >= 0.3 is 0 Å². The summed E-state index contributed by atoms with van der Waals surface area (Å²) in [4.78, 5) is 16.7. The maximum Gasteiger partial charge on any atom is 0.272 e. The van der Waals surface area contributed by atoms with Crippen LogP contribution >= 0.6 is 0 Å². The van der Waals surface area contributed by atoms with Gasteiger partial charge in [0.25, 0.3) is 5.91 Å². The summed E-state index contributed by atoms with van der Waals surface area (Å²) in [6.07, 6.45) is 0. The summed E-state index contributed by atoms with van der Waals surface area (Å²) in [6.45, 7) is 10.8. The van der Waals surface area contributed by atoms with E-state index >= 15 is 0 Å². The van der Waals surface area contributed by atoms with Crippen molar-refractivity contribution in [2.45, 2.75) is 33.2 Å². The molecule has 0 radical (unpaired) electrons. The molecule has 1 aliphatic rings. The molecular weight excluding hydrogens is 268 g/mol. The highest BCUT2D eigenvalue weighted by atomic mass is 16.3. The normalized spacial score (nSPS) is 16.7. The number of amides is 1. The van der Waals surface area contributed by atoms with Gasteiger partial charge in [-0.05, 0) is 18.9 Å². The van der Waals surface area contributed by atoms with Crippen LogP contribution in [0.15, 0.2) is 6.07 Å². The second-order valence-corrected chi connectivity index (χ2v) is 5.78. The number of rotatable bonds is 5. The van der Waals surface area contributed by atoms with Gasteiger partial charge in [0.2, 0.25) is 0 Å². The van der Waals surface area contributed by atoms with Gasteiger partial charge in [-0.15, -0.1) is 0 Å². The van der Waals surface area contributed by atoms with Crippen LogP contribution in [0.1, 0.15) is 42.9 Å². The Morgan fingerprint density at radius 3 is 2.52 bits per heavy atom. The Kier molecular flexibility index (Phi) is 5.36. The maximum atomic E-state index is 12.7. The molecule has 6 nitrogen and oxygen atoms in total. The zero-order chi connectivity index (χ0) is 15.4. The van der Waals surface area contributed by atoms with Gasteiger partial charge < -0.3 is 10.0 Å². The van der Waals surface area contributed by atoms with Gasteiger partial charge in [0, 0.05) is 39.3 Å². The van der Waals surface area contributed by atoms with Gasteiger partial charge in [-0.2, -0.15) is 5.10 Å². The molecule has 0 unspecified atom stereocenters. The van der Waals surface area contributed by atoms with Crippen molar-refractivity contribution in [3.8, 4) is 0 Å². The van der Waals surface area contributed by atoms with E-state index in [1.807, 2.05) is 17.9 Å². The molecule has 1 saturated heterocycles. The molecule has 1 amide bonds. The molecule has 0 bridgehead atoms. The van der Waals surface area contributed by atoms with Gasteiger partial charge in [0.05, 0.1) is 12.3 Å². The molecule has 6 heteroatoms. The maximum absolute atomic E-state index is 12.7. The van der Waals surface area contributed by atoms with Crippen LogP contribution in [-0.4, -0.2) is 69.9 Å². The van der Waals surface area contributed by atoms with Crippen LogP contribution in [0.3, 0.4) is 0 Å². The molecule has 0 atom stereocenters. The third-order valence-electron chi connectivity index (χ3n) is 3.98. The summed E-state index contributed by atoms with van der Waals surface area (Å²) in [6, 6.07) is 1.93. The highest BCUT2D eigenvalue weighted by molar-refractivity contribution is 5.92. The van der Waals surface area contributed by atoms with E-state index < -0.39 is 0 Å². The molecule has 1 aromatic heterocycles. The molecule has 2 rings (SSSR count). The molecule has 0 saturated carbocycles. The quantitative estimate of drug-likeness (QED) is 0.871. The largest absolute Gasteiger partial charge is 0.395 e. The summed E-state index contributed by atoms with van der Waals surface area (Å²) in [5.74, 6) is 0.394. The van der Waals surface area contributed by atoms with Crippen molar-refractivity contribution >= 4 is 5.91 Å². The van der Waals surface area contributed by atoms with Crippen LogP contribution in [0.4, 0.5) is 0 Å². The monoisotopic (exact) mass is 294 g/mol. The van der Waals surface area contributed by atoms with Gasteiger partial charge in [-0.1, -0.05) is 13.8 Å². The third-order valence-corrected chi connectivity index (χ3v) is 3.98. The van der Waals surface area contributed by atoms with Crippen molar-refractivity contribution in [1.29, 1.82) is 0 Å². The zero-order valence-corrected chi connectivity index (χ0v) is 13.2. The minimum atomic E-state index is 0.0694. The standard InChI is InChI=1S/C15H26N4O2/c1-4-19-14(11-13(16-19)12(2)3)15(21)18-7-5-17(6-8-18)9-10-20/h11-12,20H,4-10H2,1-3H3. The van der Waals surface area contributed by atoms with E-state index in [9.17, 15) is 4.79 Å². The lowest BCUT2D eigenvalue weighted by atomic mass is 10.1. The predicted molar refractivity (Wildman–Crippen MR) is 81.4 cm³/mol. The second kappa shape index (κ2) is 7.04. The van der Waals surface area contributed by atoms with Crippen LogP contribution in [0.25, 0.3) is 0 Å². The van der Waals surface area contributed by atoms with Crippen LogP contribution in [-0.2, 0) is 6.54 Å². The first-order valence-corrected chi connectivity index (χ1v) is 7.77. The number of aliphatic hydroxyl groups is 1. The number of hydrogen-bond acceptors (Lipinski definition) is 4. The number of β-amino-alcohol motifs (C(OH)–C–C–N with tert-alkyl or cyclic N) is 1. The first kappa shape index (κ1) is 16.0. The van der Waals surface area contributed by atoms with Gasteiger partial charge in [-0.3, -0.25) is 14.4 Å². The van der Waals surface area contributed by atoms with E-state index in [0.29, 0.717) is 37.8 Å². The molecule has 0 spiro atoms. The molecule has 1 N–H and O–H groups in total. The van der Waals surface area contributed by atoms with Gasteiger partial charge in [0.15, 0.2) is 0 Å². The third kappa shape index (κ3) is 3.63. The molecule has 0 aromatic carbocycles. The minimum Gasteiger partial charge on any atom is -0.395 e. The van der Waals surface area contributed by atoms with E-state index in [1.54, 1.807) is 4.68 Å². The fourth-order valence-corrected chi connectivity index (χ4v) is 2.61. The lowest BCUT2D eigenvalue weighted by Gasteiger charge is -2.34. The Morgan fingerprint density at radius 1 is 1.33 bits per heavy atom. The molecular formula is C15H26N4O2. The van der Waals surface area contributed by atoms with Crippen molar-refractivity contribution in [3.05, 3.63) is 17.5 Å². The Balaban J connectivity index is 2.07. The van der Waals surface area contributed by atoms with Crippen LogP contribution in [0.5, 0.6) is 0 Å². The van der Waals surface area contributed by atoms with E-state index in [0.717, 1.165) is 18.8 Å². The van der Waals surface area contributed by atoms with E-state index in [4.69, 9.17) is 5.11 Å². The molecule has 21 heavy (non-hydrogen) atoms. The van der Waals surface area contributed by atoms with Crippen molar-refractivity contribution in [2.75, 3.05) is 39.3 Å². The van der Waals surface area contributed by atoms with E-state index in [-0.39, 0.29) is 12.5 Å². The average molecular weight is 294 g/mol. The summed E-state index contributed by atoms with van der Waals surface area (Å²) in [5.41, 5.74) is 1.66. The van der Waals surface area contributed by atoms with Crippen LogP contribution < -0.4 is 0 Å². The zero-order valence-electron chi connectivity index (χ0n) is 13.2. The average Bonchev–Trinajstić information content (AvgIpc) is 2.92. The number of piperazine rings is 1. The summed E-state index contributed by atoms with van der Waals surface area (Å²) >= 11 is 0. The second-order valence-electron chi connectivity index (χ2n) is 5.78. The van der Waals surface area contributed by atoms with Crippen molar-refractivity contribution in [2.24, 2.45) is 0 Å². The summed E-state index contributed by atoms with van der Waals surface area (Å²) in [7, 11) is 0. The highest BCUT2D eigenvalue weighted by Gasteiger charge is 2.25. The molecule has 0 aliphatic carbocycles. The van der Waals surface area contributed by atoms with Gasteiger partial charge in [-0.25, -0.2) is 0 Å². The summed E-state index contributed by atoms with van der Waals surface area (Å²) in [5, 5.41) is 13.5. The first-order valence-electron chi connectivity index (χ1n) is 7.77. The Labute approximate surface area is 126 Å². The molecule has 2 heterocycles. The number of carbonyl (C=O) groups excluding carboxylic acids is 1. The Bertz CT molecular complexity index is 476.